The van der Waals surface area contributed by atoms with E-state index in [1.54, 1.807) is 0 Å². The number of nitrogens with one attached hydrogen (secondary N) is 1. The maximum absolute atomic E-state index is 12.5. The predicted molar refractivity (Wildman–Crippen MR) is 126 cm³/mol. The van der Waals surface area contributed by atoms with Gasteiger partial charge in [0, 0.05) is 12.2 Å². The molecule has 1 aromatic heterocycles. The monoisotopic (exact) mass is 438 g/mol. The van der Waals surface area contributed by atoms with Crippen LogP contribution in [-0.4, -0.2) is 26.4 Å². The Morgan fingerprint density at radius 3 is 2.52 bits per heavy atom. The zero-order chi connectivity index (χ0) is 22.5. The highest BCUT2D eigenvalue weighted by molar-refractivity contribution is 7.99. The molecule has 3 aromatic rings. The molecule has 0 bridgehead atoms. The van der Waals surface area contributed by atoms with Gasteiger partial charge in [-0.2, -0.15) is 0 Å². The molecule has 0 saturated heterocycles. The fourth-order valence-electron chi connectivity index (χ4n) is 3.24. The van der Waals surface area contributed by atoms with Gasteiger partial charge >= 0.3 is 0 Å². The summed E-state index contributed by atoms with van der Waals surface area (Å²) in [4.78, 5) is 12.5. The third kappa shape index (κ3) is 5.67. The van der Waals surface area contributed by atoms with Gasteiger partial charge in [0.05, 0.1) is 5.75 Å². The lowest BCUT2D eigenvalue weighted by Gasteiger charge is -2.16. The van der Waals surface area contributed by atoms with Crippen LogP contribution >= 0.6 is 11.8 Å². The fourth-order valence-corrected chi connectivity index (χ4v) is 4.05. The molecule has 0 aliphatic carbocycles. The van der Waals surface area contributed by atoms with Gasteiger partial charge in [0.2, 0.25) is 5.91 Å². The maximum Gasteiger partial charge on any atom is 0.234 e. The van der Waals surface area contributed by atoms with Crippen molar-refractivity contribution >= 4 is 23.4 Å². The van der Waals surface area contributed by atoms with Crippen molar-refractivity contribution < 1.29 is 9.53 Å². The Morgan fingerprint density at radius 2 is 1.81 bits per heavy atom. The largest absolute Gasteiger partial charge is 0.483 e. The number of ether oxygens (including phenoxy) is 1. The first kappa shape index (κ1) is 22.9. The Morgan fingerprint density at radius 1 is 1.06 bits per heavy atom. The van der Waals surface area contributed by atoms with Gasteiger partial charge in [-0.25, -0.2) is 0 Å². The third-order valence-electron chi connectivity index (χ3n) is 5.22. The number of anilines is 1. The number of carbonyl (C=O) groups is 1. The van der Waals surface area contributed by atoms with Gasteiger partial charge in [0.25, 0.3) is 0 Å². The number of nitrogens with zero attached hydrogens (tertiary/aromatic N) is 3. The molecule has 2 aromatic carbocycles. The molecule has 0 saturated carbocycles. The second-order valence-electron chi connectivity index (χ2n) is 7.75. The van der Waals surface area contributed by atoms with Crippen molar-refractivity contribution in [1.29, 1.82) is 0 Å². The van der Waals surface area contributed by atoms with Crippen LogP contribution in [0.1, 0.15) is 48.0 Å². The molecule has 0 aliphatic rings. The zero-order valence-corrected chi connectivity index (χ0v) is 19.8. The summed E-state index contributed by atoms with van der Waals surface area (Å²) in [5.74, 6) is 1.75. The molecule has 1 heterocycles. The van der Waals surface area contributed by atoms with E-state index >= 15 is 0 Å². The highest BCUT2D eigenvalue weighted by Gasteiger charge is 2.19. The molecule has 1 unspecified atom stereocenters. The molecule has 1 amide bonds. The van der Waals surface area contributed by atoms with Crippen molar-refractivity contribution in [2.75, 3.05) is 11.1 Å². The number of benzene rings is 2. The SMILES string of the molecule is CCn1c(SCC(=O)Nc2cc(C)ccc2C)nnc1C(C)Oc1ccc(C)c(C)c1. The summed E-state index contributed by atoms with van der Waals surface area (Å²) in [6.07, 6.45) is -0.257. The van der Waals surface area contributed by atoms with Crippen molar-refractivity contribution in [2.45, 2.75) is 59.3 Å². The Bertz CT molecular complexity index is 1080. The summed E-state index contributed by atoms with van der Waals surface area (Å²) in [6.45, 7) is 12.8. The molecule has 31 heavy (non-hydrogen) atoms. The lowest BCUT2D eigenvalue weighted by Crippen LogP contribution is -2.16. The van der Waals surface area contributed by atoms with Crippen molar-refractivity contribution in [3.63, 3.8) is 0 Å². The molecule has 0 fully saturated rings. The van der Waals surface area contributed by atoms with E-state index in [2.05, 4.69) is 35.4 Å². The van der Waals surface area contributed by atoms with Crippen LogP contribution in [0.5, 0.6) is 5.75 Å². The summed E-state index contributed by atoms with van der Waals surface area (Å²) < 4.78 is 8.11. The predicted octanol–water partition coefficient (Wildman–Crippen LogP) is 5.40. The third-order valence-corrected chi connectivity index (χ3v) is 6.18. The molecule has 3 rings (SSSR count). The van der Waals surface area contributed by atoms with Crippen molar-refractivity contribution in [2.24, 2.45) is 0 Å². The summed E-state index contributed by atoms with van der Waals surface area (Å²) in [7, 11) is 0. The Hall–Kier alpha value is -2.80. The number of hydrogen-bond acceptors (Lipinski definition) is 5. The average molecular weight is 439 g/mol. The molecule has 0 aliphatic heterocycles. The first-order chi connectivity index (χ1) is 14.8. The number of amides is 1. The molecule has 6 nitrogen and oxygen atoms in total. The number of carbonyl (C=O) groups excluding carboxylic acids is 1. The van der Waals surface area contributed by atoms with Crippen LogP contribution in [-0.2, 0) is 11.3 Å². The number of hydrogen-bond donors (Lipinski definition) is 1. The van der Waals surface area contributed by atoms with Crippen LogP contribution in [0.15, 0.2) is 41.6 Å². The van der Waals surface area contributed by atoms with E-state index in [4.69, 9.17) is 4.74 Å². The van der Waals surface area contributed by atoms with E-state index in [0.29, 0.717) is 11.7 Å². The second kappa shape index (κ2) is 10.0. The minimum atomic E-state index is -0.257. The molecule has 0 spiro atoms. The number of rotatable bonds is 8. The zero-order valence-electron chi connectivity index (χ0n) is 19.0. The molecule has 164 valence electrons. The van der Waals surface area contributed by atoms with Gasteiger partial charge in [-0.3, -0.25) is 4.79 Å². The Labute approximate surface area is 188 Å². The van der Waals surface area contributed by atoms with Crippen molar-refractivity contribution in [3.8, 4) is 5.75 Å². The van der Waals surface area contributed by atoms with Crippen LogP contribution in [0.2, 0.25) is 0 Å². The molecule has 7 heteroatoms. The van der Waals surface area contributed by atoms with Gasteiger partial charge in [-0.1, -0.05) is 30.0 Å². The topological polar surface area (TPSA) is 69.0 Å². The highest BCUT2D eigenvalue weighted by Crippen LogP contribution is 2.26. The van der Waals surface area contributed by atoms with Gasteiger partial charge in [-0.05, 0) is 82.0 Å². The lowest BCUT2D eigenvalue weighted by atomic mass is 10.1. The molecular weight excluding hydrogens is 408 g/mol. The van der Waals surface area contributed by atoms with E-state index in [0.717, 1.165) is 28.4 Å². The van der Waals surface area contributed by atoms with E-state index < -0.39 is 0 Å². The van der Waals surface area contributed by atoms with Gasteiger partial charge in [-0.15, -0.1) is 10.2 Å². The number of aromatic nitrogens is 3. The number of aryl methyl sites for hydroxylation is 4. The summed E-state index contributed by atoms with van der Waals surface area (Å²) >= 11 is 1.38. The molecule has 0 radical (unpaired) electrons. The molecular formula is C24H30N4O2S. The average Bonchev–Trinajstić information content (AvgIpc) is 3.15. The first-order valence-corrected chi connectivity index (χ1v) is 11.4. The molecule has 1 atom stereocenters. The van der Waals surface area contributed by atoms with Crippen LogP contribution in [0, 0.1) is 27.7 Å². The van der Waals surface area contributed by atoms with Gasteiger partial charge in [0.15, 0.2) is 17.1 Å². The van der Waals surface area contributed by atoms with Crippen LogP contribution < -0.4 is 10.1 Å². The summed E-state index contributed by atoms with van der Waals surface area (Å²) in [5, 5.41) is 12.4. The smallest absolute Gasteiger partial charge is 0.234 e. The van der Waals surface area contributed by atoms with Crippen LogP contribution in [0.25, 0.3) is 0 Å². The van der Waals surface area contributed by atoms with E-state index in [9.17, 15) is 4.79 Å². The standard InChI is InChI=1S/C24H30N4O2S/c1-7-28-23(19(6)30-20-11-10-16(3)18(5)13-20)26-27-24(28)31-14-22(29)25-21-12-15(2)8-9-17(21)4/h8-13,19H,7,14H2,1-6H3,(H,25,29). The van der Waals surface area contributed by atoms with Crippen molar-refractivity contribution in [1.82, 2.24) is 14.8 Å². The lowest BCUT2D eigenvalue weighted by molar-refractivity contribution is -0.113. The fraction of sp³-hybridized carbons (Fsp3) is 0.375. The van der Waals surface area contributed by atoms with E-state index in [1.165, 1.54) is 22.9 Å². The first-order valence-electron chi connectivity index (χ1n) is 10.5. The second-order valence-corrected chi connectivity index (χ2v) is 8.69. The maximum atomic E-state index is 12.5. The Kier molecular flexibility index (Phi) is 7.38. The van der Waals surface area contributed by atoms with E-state index in [-0.39, 0.29) is 17.8 Å². The van der Waals surface area contributed by atoms with Gasteiger partial charge in [0.1, 0.15) is 5.75 Å². The van der Waals surface area contributed by atoms with Crippen LogP contribution in [0.4, 0.5) is 5.69 Å². The Balaban J connectivity index is 1.65. The normalized spacial score (nSPS) is 11.9. The van der Waals surface area contributed by atoms with Crippen LogP contribution in [0.3, 0.4) is 0 Å². The summed E-state index contributed by atoms with van der Waals surface area (Å²) in [5.41, 5.74) is 5.42. The minimum absolute atomic E-state index is 0.0645. The van der Waals surface area contributed by atoms with Gasteiger partial charge < -0.3 is 14.6 Å². The quantitative estimate of drug-likeness (QED) is 0.477. The minimum Gasteiger partial charge on any atom is -0.483 e. The summed E-state index contributed by atoms with van der Waals surface area (Å²) in [6, 6.07) is 12.1. The molecule has 1 N–H and O–H groups in total. The van der Waals surface area contributed by atoms with Crippen molar-refractivity contribution in [3.05, 3.63) is 64.5 Å². The van der Waals surface area contributed by atoms with E-state index in [1.807, 2.05) is 62.6 Å². The highest BCUT2D eigenvalue weighted by atomic mass is 32.2. The number of thioether (sulfide) groups is 1.